The lowest BCUT2D eigenvalue weighted by Crippen LogP contribution is -2.35. The van der Waals surface area contributed by atoms with Crippen molar-refractivity contribution in [3.63, 3.8) is 0 Å². The number of esters is 1. The van der Waals surface area contributed by atoms with E-state index < -0.39 is 33.3 Å². The van der Waals surface area contributed by atoms with Gasteiger partial charge in [-0.3, -0.25) is 19.6 Å². The van der Waals surface area contributed by atoms with E-state index in [2.05, 4.69) is 28.8 Å². The molecule has 0 aliphatic rings. The number of hydrogen-bond donors (Lipinski definition) is 2. The molecule has 2 N–H and O–H groups in total. The summed E-state index contributed by atoms with van der Waals surface area (Å²) >= 11 is 0. The fraction of sp³-hybridized carbons (Fsp3) is 0.531. The summed E-state index contributed by atoms with van der Waals surface area (Å²) < 4.78 is 43.1. The first-order valence-electron chi connectivity index (χ1n) is 14.9. The summed E-state index contributed by atoms with van der Waals surface area (Å²) in [5.41, 5.74) is 0.420. The molecule has 0 unspecified atom stereocenters. The largest absolute Gasteiger partial charge is 0.489 e. The maximum absolute atomic E-state index is 12.8. The number of nitrogens with zero attached hydrogens (tertiary/aromatic N) is 1. The standard InChI is InChI=1S/C32H47N3O8S/c1-9-11-17-35(18-12-10-2)25-14-15-26(29(20-25)42-22(3)4)33-31(38)41-21-24-13-16-28(27(19-24)34-44(8,39)40)43-30(37)32(6,7)23(5)36/h13-16,19-20,22,34H,9-12,17-18,21H2,1-8H3,(H,33,38). The van der Waals surface area contributed by atoms with E-state index in [1.54, 1.807) is 6.07 Å². The van der Waals surface area contributed by atoms with Gasteiger partial charge in [-0.15, -0.1) is 0 Å². The zero-order valence-corrected chi connectivity index (χ0v) is 27.9. The summed E-state index contributed by atoms with van der Waals surface area (Å²) in [6.45, 7) is 13.9. The Bertz CT molecular complexity index is 1400. The number of anilines is 3. The van der Waals surface area contributed by atoms with Crippen molar-refractivity contribution in [2.45, 2.75) is 86.9 Å². The summed E-state index contributed by atoms with van der Waals surface area (Å²) in [4.78, 5) is 39.6. The van der Waals surface area contributed by atoms with Gasteiger partial charge in [0.2, 0.25) is 10.0 Å². The van der Waals surface area contributed by atoms with Gasteiger partial charge in [-0.2, -0.15) is 0 Å². The fourth-order valence-corrected chi connectivity index (χ4v) is 4.49. The number of hydrogen-bond acceptors (Lipinski definition) is 9. The summed E-state index contributed by atoms with van der Waals surface area (Å²) in [6.07, 6.45) is 4.38. The van der Waals surface area contributed by atoms with Crippen molar-refractivity contribution in [3.05, 3.63) is 42.0 Å². The van der Waals surface area contributed by atoms with Crippen LogP contribution in [0.3, 0.4) is 0 Å². The Hall–Kier alpha value is -3.80. The highest BCUT2D eigenvalue weighted by Gasteiger charge is 2.35. The number of nitrogens with one attached hydrogen (secondary N) is 2. The normalized spacial score (nSPS) is 11.6. The van der Waals surface area contributed by atoms with Crippen molar-refractivity contribution in [2.24, 2.45) is 5.41 Å². The average molecular weight is 634 g/mol. The van der Waals surface area contributed by atoms with Gasteiger partial charge in [0.25, 0.3) is 0 Å². The van der Waals surface area contributed by atoms with Gasteiger partial charge >= 0.3 is 12.1 Å². The highest BCUT2D eigenvalue weighted by atomic mass is 32.2. The lowest BCUT2D eigenvalue weighted by Gasteiger charge is -2.26. The third-order valence-corrected chi connectivity index (χ3v) is 7.39. The molecular formula is C32H47N3O8S. The molecular weight excluding hydrogens is 586 g/mol. The summed E-state index contributed by atoms with van der Waals surface area (Å²) in [7, 11) is -3.76. The Balaban J connectivity index is 2.23. The first kappa shape index (κ1) is 36.4. The molecule has 11 nitrogen and oxygen atoms in total. The summed E-state index contributed by atoms with van der Waals surface area (Å²) in [6, 6.07) is 9.95. The molecule has 2 aromatic carbocycles. The van der Waals surface area contributed by atoms with Crippen molar-refractivity contribution < 1.29 is 37.0 Å². The van der Waals surface area contributed by atoms with E-state index in [1.165, 1.54) is 39.0 Å². The van der Waals surface area contributed by atoms with Gasteiger partial charge in [0.1, 0.15) is 23.6 Å². The van der Waals surface area contributed by atoms with Crippen LogP contribution in [0.5, 0.6) is 11.5 Å². The van der Waals surface area contributed by atoms with Crippen LogP contribution in [-0.4, -0.2) is 51.7 Å². The van der Waals surface area contributed by atoms with Crippen molar-refractivity contribution in [3.8, 4) is 11.5 Å². The van der Waals surface area contributed by atoms with Crippen LogP contribution >= 0.6 is 0 Å². The van der Waals surface area contributed by atoms with E-state index >= 15 is 0 Å². The van der Waals surface area contributed by atoms with Crippen LogP contribution in [0.2, 0.25) is 0 Å². The van der Waals surface area contributed by atoms with Crippen molar-refractivity contribution in [1.29, 1.82) is 0 Å². The van der Waals surface area contributed by atoms with Gasteiger partial charge < -0.3 is 19.1 Å². The minimum absolute atomic E-state index is 0.0411. The molecule has 0 aromatic heterocycles. The van der Waals surface area contributed by atoms with Gasteiger partial charge in [0.05, 0.1) is 23.7 Å². The predicted molar refractivity (Wildman–Crippen MR) is 173 cm³/mol. The van der Waals surface area contributed by atoms with Crippen LogP contribution in [0.4, 0.5) is 21.9 Å². The maximum atomic E-state index is 12.8. The zero-order chi connectivity index (χ0) is 33.1. The van der Waals surface area contributed by atoms with Gasteiger partial charge in [-0.25, -0.2) is 13.2 Å². The number of Topliss-reactive ketones (excluding diaryl/α,β-unsaturated/α-hetero) is 1. The molecule has 2 rings (SSSR count). The Morgan fingerprint density at radius 3 is 2.11 bits per heavy atom. The molecule has 0 spiro atoms. The lowest BCUT2D eigenvalue weighted by molar-refractivity contribution is -0.149. The number of carbonyl (C=O) groups is 3. The Kier molecular flexibility index (Phi) is 13.5. The molecule has 0 radical (unpaired) electrons. The van der Waals surface area contributed by atoms with Crippen molar-refractivity contribution in [1.82, 2.24) is 0 Å². The van der Waals surface area contributed by atoms with Gasteiger partial charge in [-0.05, 0) is 77.3 Å². The molecule has 0 saturated carbocycles. The summed E-state index contributed by atoms with van der Waals surface area (Å²) in [5, 5.41) is 2.74. The second kappa shape index (κ2) is 16.3. The smallest absolute Gasteiger partial charge is 0.412 e. The van der Waals surface area contributed by atoms with Gasteiger partial charge in [0, 0.05) is 24.8 Å². The number of sulfonamides is 1. The molecule has 0 heterocycles. The van der Waals surface area contributed by atoms with Crippen LogP contribution in [-0.2, 0) is 31.0 Å². The molecule has 0 bridgehead atoms. The fourth-order valence-electron chi connectivity index (χ4n) is 3.93. The molecule has 12 heteroatoms. The van der Waals surface area contributed by atoms with Gasteiger partial charge in [-0.1, -0.05) is 32.8 Å². The second-order valence-corrected chi connectivity index (χ2v) is 13.3. The number of ether oxygens (including phenoxy) is 3. The number of unbranched alkanes of at least 4 members (excludes halogenated alkanes) is 2. The van der Waals surface area contributed by atoms with E-state index in [-0.39, 0.29) is 24.1 Å². The van der Waals surface area contributed by atoms with E-state index in [1.807, 2.05) is 26.0 Å². The van der Waals surface area contributed by atoms with Crippen LogP contribution < -0.4 is 24.4 Å². The van der Waals surface area contributed by atoms with Gasteiger partial charge in [0.15, 0.2) is 5.75 Å². The highest BCUT2D eigenvalue weighted by molar-refractivity contribution is 7.92. The zero-order valence-electron chi connectivity index (χ0n) is 27.1. The molecule has 2 aromatic rings. The molecule has 0 aliphatic carbocycles. The molecule has 244 valence electrons. The third-order valence-electron chi connectivity index (χ3n) is 6.80. The Labute approximate surface area is 261 Å². The SMILES string of the molecule is CCCCN(CCCC)c1ccc(NC(=O)OCc2ccc(OC(=O)C(C)(C)C(C)=O)c(NS(C)(=O)=O)c2)c(OC(C)C)c1. The molecule has 44 heavy (non-hydrogen) atoms. The van der Waals surface area contributed by atoms with E-state index in [0.717, 1.165) is 50.7 Å². The Morgan fingerprint density at radius 2 is 1.57 bits per heavy atom. The van der Waals surface area contributed by atoms with Crippen LogP contribution in [0.25, 0.3) is 0 Å². The highest BCUT2D eigenvalue weighted by Crippen LogP contribution is 2.33. The molecule has 1 amide bonds. The molecule has 0 fully saturated rings. The lowest BCUT2D eigenvalue weighted by atomic mass is 9.89. The molecule has 0 atom stereocenters. The van der Waals surface area contributed by atoms with E-state index in [0.29, 0.717) is 17.0 Å². The number of carbonyl (C=O) groups excluding carboxylic acids is 3. The minimum atomic E-state index is -3.76. The van der Waals surface area contributed by atoms with Crippen molar-refractivity contribution >= 4 is 44.9 Å². The number of benzene rings is 2. The predicted octanol–water partition coefficient (Wildman–Crippen LogP) is 6.52. The monoisotopic (exact) mass is 633 g/mol. The van der Waals surface area contributed by atoms with Crippen LogP contribution in [0.15, 0.2) is 36.4 Å². The Morgan fingerprint density at radius 1 is 0.932 bits per heavy atom. The van der Waals surface area contributed by atoms with Crippen LogP contribution in [0.1, 0.15) is 79.7 Å². The van der Waals surface area contributed by atoms with E-state index in [9.17, 15) is 22.8 Å². The average Bonchev–Trinajstić information content (AvgIpc) is 2.93. The maximum Gasteiger partial charge on any atom is 0.412 e. The quantitative estimate of drug-likeness (QED) is 0.113. The number of ketones is 1. The minimum Gasteiger partial charge on any atom is -0.489 e. The molecule has 0 saturated heterocycles. The molecule has 0 aliphatic heterocycles. The van der Waals surface area contributed by atoms with Crippen LogP contribution in [0, 0.1) is 5.41 Å². The number of amides is 1. The van der Waals surface area contributed by atoms with E-state index in [4.69, 9.17) is 14.2 Å². The van der Waals surface area contributed by atoms with Crippen molar-refractivity contribution in [2.75, 3.05) is 34.3 Å². The number of rotatable bonds is 17. The first-order valence-corrected chi connectivity index (χ1v) is 16.8. The third kappa shape index (κ3) is 11.4. The topological polar surface area (TPSA) is 140 Å². The second-order valence-electron chi connectivity index (χ2n) is 11.5. The first-order chi connectivity index (χ1) is 20.6. The summed E-state index contributed by atoms with van der Waals surface area (Å²) in [5.74, 6) is -0.815.